The summed E-state index contributed by atoms with van der Waals surface area (Å²) in [4.78, 5) is 9.05. The number of rotatable bonds is 6. The molecule has 0 amide bonds. The molecule has 7 heteroatoms. The third-order valence-corrected chi connectivity index (χ3v) is 4.69. The van der Waals surface area contributed by atoms with Gasteiger partial charge in [-0.15, -0.1) is 24.0 Å². The average molecular weight is 476 g/mol. The minimum Gasteiger partial charge on any atom is -0.497 e. The van der Waals surface area contributed by atoms with Crippen molar-refractivity contribution in [3.63, 3.8) is 0 Å². The summed E-state index contributed by atoms with van der Waals surface area (Å²) in [6.07, 6.45) is 0. The Hall–Kier alpha value is -1.06. The van der Waals surface area contributed by atoms with Crippen molar-refractivity contribution in [3.05, 3.63) is 29.8 Å². The van der Waals surface area contributed by atoms with Crippen molar-refractivity contribution in [2.75, 3.05) is 47.5 Å². The smallest absolute Gasteiger partial charge is 0.193 e. The largest absolute Gasteiger partial charge is 0.497 e. The number of hydrogen-bond donors (Lipinski definition) is 1. The van der Waals surface area contributed by atoms with Crippen molar-refractivity contribution in [1.82, 2.24) is 15.1 Å². The van der Waals surface area contributed by atoms with Crippen LogP contribution in [0.2, 0.25) is 0 Å². The Morgan fingerprint density at radius 2 is 2.12 bits per heavy atom. The summed E-state index contributed by atoms with van der Waals surface area (Å²) in [7, 11) is 5.57. The fraction of sp³-hybridized carbons (Fsp3) is 0.632. The topological polar surface area (TPSA) is 49.3 Å². The second kappa shape index (κ2) is 11.6. The monoisotopic (exact) mass is 476 g/mol. The Morgan fingerprint density at radius 1 is 1.42 bits per heavy atom. The van der Waals surface area contributed by atoms with Crippen LogP contribution in [0.3, 0.4) is 0 Å². The first kappa shape index (κ1) is 23.0. The predicted octanol–water partition coefficient (Wildman–Crippen LogP) is 2.43. The molecule has 1 heterocycles. The molecule has 1 fully saturated rings. The van der Waals surface area contributed by atoms with Gasteiger partial charge in [-0.05, 0) is 31.5 Å². The van der Waals surface area contributed by atoms with Crippen molar-refractivity contribution in [1.29, 1.82) is 0 Å². The number of benzene rings is 1. The van der Waals surface area contributed by atoms with E-state index in [4.69, 9.17) is 9.47 Å². The van der Waals surface area contributed by atoms with Crippen molar-refractivity contribution in [2.45, 2.75) is 32.5 Å². The van der Waals surface area contributed by atoms with Crippen LogP contribution >= 0.6 is 24.0 Å². The van der Waals surface area contributed by atoms with Gasteiger partial charge in [0.15, 0.2) is 5.96 Å². The molecule has 1 aliphatic rings. The Kier molecular flexibility index (Phi) is 10.3. The molecule has 0 spiro atoms. The van der Waals surface area contributed by atoms with Gasteiger partial charge in [0.2, 0.25) is 0 Å². The first-order valence-corrected chi connectivity index (χ1v) is 8.93. The molecule has 1 saturated heterocycles. The van der Waals surface area contributed by atoms with E-state index < -0.39 is 0 Å². The highest BCUT2D eigenvalue weighted by molar-refractivity contribution is 14.0. The zero-order chi connectivity index (χ0) is 18.2. The van der Waals surface area contributed by atoms with Crippen LogP contribution < -0.4 is 10.1 Å². The van der Waals surface area contributed by atoms with Gasteiger partial charge in [-0.1, -0.05) is 12.1 Å². The molecule has 1 aromatic carbocycles. The first-order valence-electron chi connectivity index (χ1n) is 8.93. The highest BCUT2D eigenvalue weighted by Crippen LogP contribution is 2.13. The van der Waals surface area contributed by atoms with E-state index in [2.05, 4.69) is 53.1 Å². The van der Waals surface area contributed by atoms with E-state index in [1.165, 1.54) is 5.56 Å². The van der Waals surface area contributed by atoms with Gasteiger partial charge in [0.05, 0.1) is 20.3 Å². The molecule has 2 unspecified atom stereocenters. The Bertz CT molecular complexity index is 553. The molecular formula is C19H33IN4O2. The number of methoxy groups -OCH3 is 1. The lowest BCUT2D eigenvalue weighted by Crippen LogP contribution is -2.53. The van der Waals surface area contributed by atoms with Crippen LogP contribution in [0.15, 0.2) is 29.3 Å². The number of nitrogens with zero attached hydrogens (tertiary/aromatic N) is 3. The molecule has 148 valence electrons. The summed E-state index contributed by atoms with van der Waals surface area (Å²) >= 11 is 0. The average Bonchev–Trinajstić information content (AvgIpc) is 2.63. The maximum Gasteiger partial charge on any atom is 0.193 e. The second-order valence-corrected chi connectivity index (χ2v) is 6.64. The van der Waals surface area contributed by atoms with Gasteiger partial charge < -0.3 is 19.7 Å². The quantitative estimate of drug-likeness (QED) is 0.389. The van der Waals surface area contributed by atoms with E-state index in [1.54, 1.807) is 7.11 Å². The molecule has 1 aliphatic heterocycles. The second-order valence-electron chi connectivity index (χ2n) is 6.64. The van der Waals surface area contributed by atoms with Crippen LogP contribution in [-0.4, -0.2) is 75.4 Å². The highest BCUT2D eigenvalue weighted by atomic mass is 127. The van der Waals surface area contributed by atoms with E-state index in [0.717, 1.165) is 44.6 Å². The number of guanidine groups is 1. The van der Waals surface area contributed by atoms with Gasteiger partial charge in [0, 0.05) is 45.8 Å². The summed E-state index contributed by atoms with van der Waals surface area (Å²) in [5.41, 5.74) is 1.22. The highest BCUT2D eigenvalue weighted by Gasteiger charge is 2.23. The van der Waals surface area contributed by atoms with Gasteiger partial charge in [-0.2, -0.15) is 0 Å². The SMILES string of the molecule is CN=C(NCC(C)N1CCOCC1C)N(C)Cc1ccc(OC)cc1.I. The summed E-state index contributed by atoms with van der Waals surface area (Å²) < 4.78 is 10.7. The van der Waals surface area contributed by atoms with Gasteiger partial charge in [-0.25, -0.2) is 0 Å². The summed E-state index contributed by atoms with van der Waals surface area (Å²) in [6, 6.07) is 9.04. The number of hydrogen-bond acceptors (Lipinski definition) is 4. The van der Waals surface area contributed by atoms with Crippen LogP contribution in [-0.2, 0) is 11.3 Å². The maximum absolute atomic E-state index is 5.53. The number of morpholine rings is 1. The molecule has 1 N–H and O–H groups in total. The van der Waals surface area contributed by atoms with Gasteiger partial charge in [-0.3, -0.25) is 9.89 Å². The minimum absolute atomic E-state index is 0. The van der Waals surface area contributed by atoms with Crippen LogP contribution in [0.25, 0.3) is 0 Å². The third kappa shape index (κ3) is 6.59. The molecule has 0 saturated carbocycles. The van der Waals surface area contributed by atoms with E-state index in [9.17, 15) is 0 Å². The standard InChI is InChI=1S/C19H32N4O2.HI/c1-15(23-10-11-25-14-16(23)2)12-21-19(20-3)22(4)13-17-6-8-18(24-5)9-7-17;/h6-9,15-16H,10-14H2,1-5H3,(H,20,21);1H. The summed E-state index contributed by atoms with van der Waals surface area (Å²) in [6.45, 7) is 8.77. The Morgan fingerprint density at radius 3 is 2.69 bits per heavy atom. The number of nitrogens with one attached hydrogen (secondary N) is 1. The van der Waals surface area contributed by atoms with Crippen LogP contribution in [0.1, 0.15) is 19.4 Å². The Labute approximate surface area is 175 Å². The predicted molar refractivity (Wildman–Crippen MR) is 118 cm³/mol. The number of aliphatic imine (C=N–C) groups is 1. The minimum atomic E-state index is 0. The summed E-state index contributed by atoms with van der Waals surface area (Å²) in [5, 5.41) is 3.50. The van der Waals surface area contributed by atoms with Crippen LogP contribution in [0.4, 0.5) is 0 Å². The van der Waals surface area contributed by atoms with Crippen LogP contribution in [0.5, 0.6) is 5.75 Å². The lowest BCUT2D eigenvalue weighted by atomic mass is 10.2. The van der Waals surface area contributed by atoms with Crippen molar-refractivity contribution >= 4 is 29.9 Å². The molecule has 0 bridgehead atoms. The Balaban J connectivity index is 0.00000338. The van der Waals surface area contributed by atoms with E-state index in [1.807, 2.05) is 19.2 Å². The van der Waals surface area contributed by atoms with Gasteiger partial charge in [0.25, 0.3) is 0 Å². The van der Waals surface area contributed by atoms with Crippen LogP contribution in [0, 0.1) is 0 Å². The van der Waals surface area contributed by atoms with Crippen molar-refractivity contribution in [3.8, 4) is 5.75 Å². The van der Waals surface area contributed by atoms with Crippen molar-refractivity contribution < 1.29 is 9.47 Å². The fourth-order valence-corrected chi connectivity index (χ4v) is 3.22. The number of ether oxygens (including phenoxy) is 2. The zero-order valence-electron chi connectivity index (χ0n) is 16.6. The maximum atomic E-state index is 5.53. The van der Waals surface area contributed by atoms with Crippen molar-refractivity contribution in [2.24, 2.45) is 4.99 Å². The normalized spacial score (nSPS) is 19.4. The lowest BCUT2D eigenvalue weighted by molar-refractivity contribution is -0.0175. The first-order chi connectivity index (χ1) is 12.0. The summed E-state index contributed by atoms with van der Waals surface area (Å²) in [5.74, 6) is 1.78. The lowest BCUT2D eigenvalue weighted by Gasteiger charge is -2.38. The molecule has 6 nitrogen and oxygen atoms in total. The van der Waals surface area contributed by atoms with E-state index in [0.29, 0.717) is 12.1 Å². The third-order valence-electron chi connectivity index (χ3n) is 4.69. The molecular weight excluding hydrogens is 443 g/mol. The number of halogens is 1. The molecule has 2 rings (SSSR count). The molecule has 2 atom stereocenters. The van der Waals surface area contributed by atoms with Gasteiger partial charge in [0.1, 0.15) is 5.75 Å². The van der Waals surface area contributed by atoms with Gasteiger partial charge >= 0.3 is 0 Å². The molecule has 0 aliphatic carbocycles. The van der Waals surface area contributed by atoms with E-state index in [-0.39, 0.29) is 24.0 Å². The van der Waals surface area contributed by atoms with E-state index >= 15 is 0 Å². The molecule has 0 radical (unpaired) electrons. The molecule has 26 heavy (non-hydrogen) atoms. The molecule has 1 aromatic rings. The zero-order valence-corrected chi connectivity index (χ0v) is 18.9. The fourth-order valence-electron chi connectivity index (χ4n) is 3.22. The molecule has 0 aromatic heterocycles.